The Morgan fingerprint density at radius 2 is 2.12 bits per heavy atom. The van der Waals surface area contributed by atoms with Gasteiger partial charge in [-0.05, 0) is 26.4 Å². The first kappa shape index (κ1) is 13.2. The van der Waals surface area contributed by atoms with Gasteiger partial charge in [0.25, 0.3) is 0 Å². The van der Waals surface area contributed by atoms with Gasteiger partial charge in [-0.15, -0.1) is 0 Å². The van der Waals surface area contributed by atoms with E-state index in [1.54, 1.807) is 0 Å². The Bertz CT molecular complexity index is 326. The van der Waals surface area contributed by atoms with E-state index in [0.29, 0.717) is 0 Å². The maximum absolute atomic E-state index is 5.91. The van der Waals surface area contributed by atoms with Gasteiger partial charge >= 0.3 is 0 Å². The summed E-state index contributed by atoms with van der Waals surface area (Å²) in [5.41, 5.74) is 7.23. The molecule has 0 unspecified atom stereocenters. The van der Waals surface area contributed by atoms with Gasteiger partial charge in [-0.25, -0.2) is 4.98 Å². The molecule has 1 atom stereocenters. The summed E-state index contributed by atoms with van der Waals surface area (Å²) in [6, 6.07) is 0.0395. The Balaban J connectivity index is 2.75. The summed E-state index contributed by atoms with van der Waals surface area (Å²) in [4.78, 5) is 6.39. The second-order valence-corrected chi connectivity index (χ2v) is 5.64. The molecular formula is C12H24N4. The van der Waals surface area contributed by atoms with E-state index >= 15 is 0 Å². The number of nitrogens with two attached hydrogens (primary N) is 1. The van der Waals surface area contributed by atoms with Crippen LogP contribution in [0.15, 0.2) is 12.5 Å². The van der Waals surface area contributed by atoms with Crippen LogP contribution in [-0.2, 0) is 6.54 Å². The quantitative estimate of drug-likeness (QED) is 0.824. The lowest BCUT2D eigenvalue weighted by Crippen LogP contribution is -2.33. The highest BCUT2D eigenvalue weighted by atomic mass is 15.1. The monoisotopic (exact) mass is 224 g/mol. The van der Waals surface area contributed by atoms with Gasteiger partial charge in [0.05, 0.1) is 12.0 Å². The van der Waals surface area contributed by atoms with Crippen LogP contribution in [0.1, 0.15) is 32.5 Å². The van der Waals surface area contributed by atoms with Crippen molar-refractivity contribution < 1.29 is 0 Å². The van der Waals surface area contributed by atoms with Crippen molar-refractivity contribution in [3.05, 3.63) is 18.2 Å². The predicted molar refractivity (Wildman–Crippen MR) is 67.2 cm³/mol. The van der Waals surface area contributed by atoms with Crippen LogP contribution in [0.5, 0.6) is 0 Å². The third-order valence-electron chi connectivity index (χ3n) is 2.55. The highest BCUT2D eigenvalue weighted by molar-refractivity contribution is 5.03. The molecule has 0 aliphatic rings. The number of hydrogen-bond acceptors (Lipinski definition) is 3. The topological polar surface area (TPSA) is 47.1 Å². The molecule has 0 bridgehead atoms. The van der Waals surface area contributed by atoms with E-state index in [-0.39, 0.29) is 11.5 Å². The smallest absolute Gasteiger partial charge is 0.0948 e. The lowest BCUT2D eigenvalue weighted by Gasteiger charge is -2.29. The zero-order valence-electron chi connectivity index (χ0n) is 11.1. The Morgan fingerprint density at radius 1 is 1.50 bits per heavy atom. The molecule has 0 aromatic carbocycles. The summed E-state index contributed by atoms with van der Waals surface area (Å²) < 4.78 is 2.16. The molecule has 1 rings (SSSR count). The fourth-order valence-electron chi connectivity index (χ4n) is 2.21. The molecule has 0 radical (unpaired) electrons. The summed E-state index contributed by atoms with van der Waals surface area (Å²) in [7, 11) is 4.20. The van der Waals surface area contributed by atoms with E-state index in [4.69, 9.17) is 5.73 Å². The van der Waals surface area contributed by atoms with E-state index < -0.39 is 0 Å². The largest absolute Gasteiger partial charge is 0.333 e. The molecule has 0 saturated heterocycles. The van der Waals surface area contributed by atoms with Crippen molar-refractivity contribution in [3.63, 3.8) is 0 Å². The van der Waals surface area contributed by atoms with Crippen molar-refractivity contribution in [2.75, 3.05) is 20.6 Å². The van der Waals surface area contributed by atoms with Gasteiger partial charge in [0, 0.05) is 25.3 Å². The van der Waals surface area contributed by atoms with Gasteiger partial charge in [0.1, 0.15) is 0 Å². The Morgan fingerprint density at radius 3 is 2.62 bits per heavy atom. The Hall–Kier alpha value is -0.870. The summed E-state index contributed by atoms with van der Waals surface area (Å²) in [5, 5.41) is 0. The lowest BCUT2D eigenvalue weighted by atomic mass is 9.92. The minimum absolute atomic E-state index is 0.0395. The third kappa shape index (κ3) is 3.61. The molecule has 1 heterocycles. The standard InChI is InChI=1S/C12H24N4/c1-10(13)11-6-14-9-16(11)8-12(2,3)7-15(4)5/h6,9-10H,7-8,13H2,1-5H3/t10-/m0/s1. The highest BCUT2D eigenvalue weighted by Gasteiger charge is 2.21. The molecule has 4 nitrogen and oxygen atoms in total. The van der Waals surface area contributed by atoms with Crippen molar-refractivity contribution in [2.45, 2.75) is 33.4 Å². The van der Waals surface area contributed by atoms with Gasteiger partial charge in [-0.1, -0.05) is 13.8 Å². The zero-order valence-corrected chi connectivity index (χ0v) is 11.1. The first-order valence-corrected chi connectivity index (χ1v) is 5.72. The van der Waals surface area contributed by atoms with Crippen LogP contribution in [0.4, 0.5) is 0 Å². The van der Waals surface area contributed by atoms with Gasteiger partial charge in [-0.2, -0.15) is 0 Å². The molecule has 0 saturated carbocycles. The van der Waals surface area contributed by atoms with E-state index in [9.17, 15) is 0 Å². The van der Waals surface area contributed by atoms with E-state index in [2.05, 4.69) is 42.4 Å². The number of imidazole rings is 1. The van der Waals surface area contributed by atoms with Crippen molar-refractivity contribution in [3.8, 4) is 0 Å². The molecule has 1 aromatic heterocycles. The fraction of sp³-hybridized carbons (Fsp3) is 0.750. The van der Waals surface area contributed by atoms with Crippen LogP contribution >= 0.6 is 0 Å². The minimum Gasteiger partial charge on any atom is -0.333 e. The molecule has 0 aliphatic heterocycles. The molecule has 92 valence electrons. The van der Waals surface area contributed by atoms with Crippen LogP contribution in [0.25, 0.3) is 0 Å². The van der Waals surface area contributed by atoms with E-state index in [1.165, 1.54) is 0 Å². The SMILES string of the molecule is C[C@H](N)c1cncn1CC(C)(C)CN(C)C. The number of nitrogens with zero attached hydrogens (tertiary/aromatic N) is 3. The molecule has 0 fully saturated rings. The van der Waals surface area contributed by atoms with Crippen LogP contribution in [0, 0.1) is 5.41 Å². The minimum atomic E-state index is 0.0395. The van der Waals surface area contributed by atoms with Gasteiger partial charge in [-0.3, -0.25) is 0 Å². The molecule has 0 spiro atoms. The molecule has 0 amide bonds. The number of rotatable bonds is 5. The van der Waals surface area contributed by atoms with Crippen molar-refractivity contribution in [2.24, 2.45) is 11.1 Å². The summed E-state index contributed by atoms with van der Waals surface area (Å²) >= 11 is 0. The van der Waals surface area contributed by atoms with Gasteiger partial charge in [0.2, 0.25) is 0 Å². The van der Waals surface area contributed by atoms with Crippen molar-refractivity contribution in [1.82, 2.24) is 14.5 Å². The Labute approximate surface area is 98.5 Å². The average molecular weight is 224 g/mol. The van der Waals surface area contributed by atoms with Gasteiger partial charge in [0.15, 0.2) is 0 Å². The summed E-state index contributed by atoms with van der Waals surface area (Å²) in [5.74, 6) is 0. The van der Waals surface area contributed by atoms with E-state index in [0.717, 1.165) is 18.8 Å². The first-order valence-electron chi connectivity index (χ1n) is 5.72. The highest BCUT2D eigenvalue weighted by Crippen LogP contribution is 2.21. The van der Waals surface area contributed by atoms with Gasteiger partial charge < -0.3 is 15.2 Å². The normalized spacial score (nSPS) is 14.4. The fourth-order valence-corrected chi connectivity index (χ4v) is 2.21. The van der Waals surface area contributed by atoms with E-state index in [1.807, 2.05) is 19.4 Å². The van der Waals surface area contributed by atoms with Crippen LogP contribution in [0.2, 0.25) is 0 Å². The maximum Gasteiger partial charge on any atom is 0.0948 e. The number of hydrogen-bond donors (Lipinski definition) is 1. The average Bonchev–Trinajstić information content (AvgIpc) is 2.48. The molecule has 16 heavy (non-hydrogen) atoms. The van der Waals surface area contributed by atoms with Crippen molar-refractivity contribution >= 4 is 0 Å². The maximum atomic E-state index is 5.91. The lowest BCUT2D eigenvalue weighted by molar-refractivity contribution is 0.209. The number of aromatic nitrogens is 2. The van der Waals surface area contributed by atoms with Crippen molar-refractivity contribution in [1.29, 1.82) is 0 Å². The molecule has 1 aromatic rings. The predicted octanol–water partition coefficient (Wildman–Crippen LogP) is 1.49. The zero-order chi connectivity index (χ0) is 12.3. The Kier molecular flexibility index (Phi) is 4.10. The first-order chi connectivity index (χ1) is 7.32. The second kappa shape index (κ2) is 4.97. The van der Waals surface area contributed by atoms with Crippen LogP contribution in [0.3, 0.4) is 0 Å². The van der Waals surface area contributed by atoms with Crippen LogP contribution in [-0.4, -0.2) is 35.1 Å². The molecule has 4 heteroatoms. The molecule has 2 N–H and O–H groups in total. The van der Waals surface area contributed by atoms with Crippen LogP contribution < -0.4 is 5.73 Å². The molecular weight excluding hydrogens is 200 g/mol. The summed E-state index contributed by atoms with van der Waals surface area (Å²) in [6.07, 6.45) is 3.73. The second-order valence-electron chi connectivity index (χ2n) is 5.64. The third-order valence-corrected chi connectivity index (χ3v) is 2.55. The molecule has 0 aliphatic carbocycles. The summed E-state index contributed by atoms with van der Waals surface area (Å²) in [6.45, 7) is 8.51.